The van der Waals surface area contributed by atoms with Crippen LogP contribution in [-0.4, -0.2) is 16.3 Å². The van der Waals surface area contributed by atoms with Crippen LogP contribution in [0.4, 0.5) is 0 Å². The fourth-order valence-corrected chi connectivity index (χ4v) is 1.68. The Morgan fingerprint density at radius 1 is 1.31 bits per heavy atom. The molecule has 4 nitrogen and oxygen atoms in total. The highest BCUT2D eigenvalue weighted by Crippen LogP contribution is 2.13. The molecule has 0 amide bonds. The van der Waals surface area contributed by atoms with E-state index in [1.54, 1.807) is 18.4 Å². The van der Waals surface area contributed by atoms with E-state index in [4.69, 9.17) is 4.42 Å². The van der Waals surface area contributed by atoms with Crippen molar-refractivity contribution in [3.05, 3.63) is 47.7 Å². The van der Waals surface area contributed by atoms with Crippen LogP contribution < -0.4 is 5.43 Å². The van der Waals surface area contributed by atoms with E-state index in [1.165, 1.54) is 0 Å². The van der Waals surface area contributed by atoms with Crippen molar-refractivity contribution < 1.29 is 9.52 Å². The molecule has 0 aliphatic heterocycles. The van der Waals surface area contributed by atoms with Crippen LogP contribution in [0.25, 0.3) is 0 Å². The SMILES string of the molecule is Cc1ccc(C)n1NCC(O)c1ccco1. The second-order valence-corrected chi connectivity index (χ2v) is 3.84. The molecule has 0 saturated carbocycles. The predicted octanol–water partition coefficient (Wildman–Crippen LogP) is 1.98. The van der Waals surface area contributed by atoms with Crippen LogP contribution in [0, 0.1) is 13.8 Å². The molecule has 4 heteroatoms. The molecule has 0 aliphatic carbocycles. The molecule has 0 radical (unpaired) electrons. The molecule has 0 saturated heterocycles. The molecule has 1 atom stereocenters. The monoisotopic (exact) mass is 220 g/mol. The minimum Gasteiger partial charge on any atom is -0.467 e. The van der Waals surface area contributed by atoms with Gasteiger partial charge in [0.15, 0.2) is 0 Å². The molecule has 0 fully saturated rings. The number of furan rings is 1. The van der Waals surface area contributed by atoms with Gasteiger partial charge in [-0.1, -0.05) is 0 Å². The van der Waals surface area contributed by atoms with E-state index in [2.05, 4.69) is 5.43 Å². The van der Waals surface area contributed by atoms with Gasteiger partial charge in [0.25, 0.3) is 0 Å². The topological polar surface area (TPSA) is 50.3 Å². The Bertz CT molecular complexity index is 426. The van der Waals surface area contributed by atoms with Gasteiger partial charge in [0.1, 0.15) is 11.9 Å². The summed E-state index contributed by atoms with van der Waals surface area (Å²) in [5.41, 5.74) is 5.39. The van der Waals surface area contributed by atoms with Crippen LogP contribution in [0.3, 0.4) is 0 Å². The normalized spacial score (nSPS) is 12.7. The van der Waals surface area contributed by atoms with Gasteiger partial charge in [-0.15, -0.1) is 0 Å². The van der Waals surface area contributed by atoms with Crippen LogP contribution in [0.5, 0.6) is 0 Å². The highest BCUT2D eigenvalue weighted by atomic mass is 16.4. The summed E-state index contributed by atoms with van der Waals surface area (Å²) in [7, 11) is 0. The van der Waals surface area contributed by atoms with Crippen molar-refractivity contribution in [1.29, 1.82) is 0 Å². The van der Waals surface area contributed by atoms with Gasteiger partial charge in [-0.25, -0.2) is 0 Å². The van der Waals surface area contributed by atoms with Crippen molar-refractivity contribution in [2.24, 2.45) is 0 Å². The Morgan fingerprint density at radius 3 is 2.56 bits per heavy atom. The zero-order chi connectivity index (χ0) is 11.5. The largest absolute Gasteiger partial charge is 0.467 e. The lowest BCUT2D eigenvalue weighted by Crippen LogP contribution is -2.22. The summed E-state index contributed by atoms with van der Waals surface area (Å²) in [5.74, 6) is 0.579. The van der Waals surface area contributed by atoms with Crippen molar-refractivity contribution in [2.45, 2.75) is 20.0 Å². The van der Waals surface area contributed by atoms with Gasteiger partial charge < -0.3 is 14.9 Å². The molecule has 0 aliphatic rings. The van der Waals surface area contributed by atoms with Crippen molar-refractivity contribution >= 4 is 0 Å². The number of aryl methyl sites for hydroxylation is 2. The molecule has 2 aromatic heterocycles. The number of aliphatic hydroxyl groups excluding tert-OH is 1. The molecular weight excluding hydrogens is 204 g/mol. The summed E-state index contributed by atoms with van der Waals surface area (Å²) >= 11 is 0. The maximum Gasteiger partial charge on any atom is 0.134 e. The smallest absolute Gasteiger partial charge is 0.134 e. The second kappa shape index (κ2) is 4.45. The number of rotatable bonds is 4. The fraction of sp³-hybridized carbons (Fsp3) is 0.333. The summed E-state index contributed by atoms with van der Waals surface area (Å²) in [4.78, 5) is 0. The minimum atomic E-state index is -0.629. The van der Waals surface area contributed by atoms with E-state index in [0.717, 1.165) is 11.4 Å². The first kappa shape index (κ1) is 10.8. The van der Waals surface area contributed by atoms with Crippen molar-refractivity contribution in [2.75, 3.05) is 12.0 Å². The van der Waals surface area contributed by atoms with E-state index in [-0.39, 0.29) is 0 Å². The molecule has 2 heterocycles. The molecule has 86 valence electrons. The van der Waals surface area contributed by atoms with Gasteiger partial charge in [0.2, 0.25) is 0 Å². The molecule has 2 rings (SSSR count). The van der Waals surface area contributed by atoms with Gasteiger partial charge in [-0.05, 0) is 38.1 Å². The molecule has 0 bridgehead atoms. The molecule has 2 aromatic rings. The molecule has 2 N–H and O–H groups in total. The zero-order valence-electron chi connectivity index (χ0n) is 9.47. The summed E-state index contributed by atoms with van der Waals surface area (Å²) in [6, 6.07) is 7.59. The first-order valence-corrected chi connectivity index (χ1v) is 5.29. The number of hydrogen-bond acceptors (Lipinski definition) is 3. The lowest BCUT2D eigenvalue weighted by Gasteiger charge is -2.15. The Morgan fingerprint density at radius 2 is 2.00 bits per heavy atom. The van der Waals surface area contributed by atoms with Gasteiger partial charge in [-0.2, -0.15) is 0 Å². The third-order valence-corrected chi connectivity index (χ3v) is 2.59. The summed E-state index contributed by atoms with van der Waals surface area (Å²) in [6.45, 7) is 4.45. The predicted molar refractivity (Wildman–Crippen MR) is 61.8 cm³/mol. The first-order valence-electron chi connectivity index (χ1n) is 5.29. The molecule has 0 aromatic carbocycles. The van der Waals surface area contributed by atoms with Crippen molar-refractivity contribution in [3.63, 3.8) is 0 Å². The Kier molecular flexibility index (Phi) is 3.01. The Balaban J connectivity index is 1.98. The average molecular weight is 220 g/mol. The molecule has 1 unspecified atom stereocenters. The number of aromatic nitrogens is 1. The summed E-state index contributed by atoms with van der Waals surface area (Å²) in [6.07, 6.45) is 0.932. The van der Waals surface area contributed by atoms with Gasteiger partial charge in [-0.3, -0.25) is 4.68 Å². The maximum absolute atomic E-state index is 9.82. The minimum absolute atomic E-state index is 0.421. The van der Waals surface area contributed by atoms with Crippen LogP contribution in [-0.2, 0) is 0 Å². The van der Waals surface area contributed by atoms with Gasteiger partial charge >= 0.3 is 0 Å². The van der Waals surface area contributed by atoms with Gasteiger partial charge in [0.05, 0.1) is 12.8 Å². The fourth-order valence-electron chi connectivity index (χ4n) is 1.68. The van der Waals surface area contributed by atoms with E-state index in [1.807, 2.05) is 30.7 Å². The molecule has 16 heavy (non-hydrogen) atoms. The van der Waals surface area contributed by atoms with Crippen LogP contribution in [0.15, 0.2) is 34.9 Å². The maximum atomic E-state index is 9.82. The van der Waals surface area contributed by atoms with E-state index < -0.39 is 6.10 Å². The summed E-state index contributed by atoms with van der Waals surface area (Å²) < 4.78 is 7.08. The van der Waals surface area contributed by atoms with Crippen LogP contribution in [0.2, 0.25) is 0 Å². The second-order valence-electron chi connectivity index (χ2n) is 3.84. The van der Waals surface area contributed by atoms with Crippen LogP contribution >= 0.6 is 0 Å². The van der Waals surface area contributed by atoms with Crippen molar-refractivity contribution in [3.8, 4) is 0 Å². The van der Waals surface area contributed by atoms with E-state index in [9.17, 15) is 5.11 Å². The van der Waals surface area contributed by atoms with E-state index >= 15 is 0 Å². The number of hydrogen-bond donors (Lipinski definition) is 2. The van der Waals surface area contributed by atoms with Crippen LogP contribution in [0.1, 0.15) is 23.3 Å². The zero-order valence-corrected chi connectivity index (χ0v) is 9.47. The lowest BCUT2D eigenvalue weighted by atomic mass is 10.3. The Labute approximate surface area is 94.5 Å². The van der Waals surface area contributed by atoms with E-state index in [0.29, 0.717) is 12.3 Å². The third-order valence-electron chi connectivity index (χ3n) is 2.59. The Hall–Kier alpha value is -1.68. The number of nitrogens with zero attached hydrogens (tertiary/aromatic N) is 1. The lowest BCUT2D eigenvalue weighted by molar-refractivity contribution is 0.159. The summed E-state index contributed by atoms with van der Waals surface area (Å²) in [5, 5.41) is 9.82. The van der Waals surface area contributed by atoms with Gasteiger partial charge in [0, 0.05) is 11.4 Å². The average Bonchev–Trinajstić information content (AvgIpc) is 2.87. The highest BCUT2D eigenvalue weighted by Gasteiger charge is 2.10. The third kappa shape index (κ3) is 2.12. The molecule has 0 spiro atoms. The quantitative estimate of drug-likeness (QED) is 0.828. The number of nitrogens with one attached hydrogen (secondary N) is 1. The molecular formula is C12H16N2O2. The first-order chi connectivity index (χ1) is 7.68. The standard InChI is InChI=1S/C12H16N2O2/c1-9-5-6-10(2)14(9)13-8-11(15)12-4-3-7-16-12/h3-7,11,13,15H,8H2,1-2H3. The highest BCUT2D eigenvalue weighted by molar-refractivity contribution is 5.15. The number of aliphatic hydroxyl groups is 1. The van der Waals surface area contributed by atoms with Crippen molar-refractivity contribution in [1.82, 2.24) is 4.68 Å².